The van der Waals surface area contributed by atoms with Crippen molar-refractivity contribution >= 4 is 5.91 Å². The lowest BCUT2D eigenvalue weighted by Gasteiger charge is -2.30. The van der Waals surface area contributed by atoms with Gasteiger partial charge in [-0.05, 0) is 59.4 Å². The third kappa shape index (κ3) is 5.91. The molecule has 3 aromatic carbocycles. The summed E-state index contributed by atoms with van der Waals surface area (Å²) in [6.07, 6.45) is 0. The molecule has 2 unspecified atom stereocenters. The van der Waals surface area contributed by atoms with Gasteiger partial charge in [-0.15, -0.1) is 0 Å². The quantitative estimate of drug-likeness (QED) is 0.392. The average Bonchev–Trinajstić information content (AvgIpc) is 3.54. The molecule has 194 valence electrons. The topological polar surface area (TPSA) is 51.2 Å². The van der Waals surface area contributed by atoms with Crippen LogP contribution in [0.3, 0.4) is 0 Å². The van der Waals surface area contributed by atoms with Gasteiger partial charge in [0.1, 0.15) is 5.75 Å². The number of rotatable bonds is 9. The predicted molar refractivity (Wildman–Crippen MR) is 144 cm³/mol. The van der Waals surface area contributed by atoms with Gasteiger partial charge in [0.2, 0.25) is 6.79 Å². The number of fused-ring (bicyclic) bond motifs is 1. The van der Waals surface area contributed by atoms with Gasteiger partial charge in [0.15, 0.2) is 11.5 Å². The Bertz CT molecular complexity index is 1210. The Morgan fingerprint density at radius 3 is 2.59 bits per heavy atom. The Kier molecular flexibility index (Phi) is 7.65. The van der Waals surface area contributed by atoms with E-state index in [9.17, 15) is 4.79 Å². The molecule has 2 aliphatic rings. The smallest absolute Gasteiger partial charge is 0.253 e. The Morgan fingerprint density at radius 1 is 1.00 bits per heavy atom. The molecular formula is C31H36N2O4. The van der Waals surface area contributed by atoms with Crippen LogP contribution in [0.15, 0.2) is 72.8 Å². The highest BCUT2D eigenvalue weighted by Crippen LogP contribution is 2.37. The summed E-state index contributed by atoms with van der Waals surface area (Å²) < 4.78 is 16.6. The van der Waals surface area contributed by atoms with E-state index in [0.717, 1.165) is 49.0 Å². The molecule has 0 radical (unpaired) electrons. The Labute approximate surface area is 219 Å². The molecule has 6 heteroatoms. The standard InChI is InChI=1S/C31H36N2O4/c1-22(2)16-33(31(34)24-8-5-4-6-9-24)19-26-18-32(17-23-12-13-29-30(14-23)37-21-36-29)20-28(26)25-10-7-11-27(15-25)35-3/h4-15,22,26,28H,16-21H2,1-3H3. The molecule has 1 fully saturated rings. The number of hydrogen-bond donors (Lipinski definition) is 0. The van der Waals surface area contributed by atoms with Gasteiger partial charge in [0, 0.05) is 44.2 Å². The van der Waals surface area contributed by atoms with Crippen molar-refractivity contribution in [3.8, 4) is 17.2 Å². The van der Waals surface area contributed by atoms with Crippen LogP contribution in [0.5, 0.6) is 17.2 Å². The van der Waals surface area contributed by atoms with Crippen LogP contribution >= 0.6 is 0 Å². The molecule has 0 aromatic heterocycles. The minimum absolute atomic E-state index is 0.105. The molecule has 1 saturated heterocycles. The molecule has 0 saturated carbocycles. The largest absolute Gasteiger partial charge is 0.497 e. The third-order valence-corrected chi connectivity index (χ3v) is 7.23. The first-order chi connectivity index (χ1) is 18.0. The number of hydrogen-bond acceptors (Lipinski definition) is 5. The lowest BCUT2D eigenvalue weighted by molar-refractivity contribution is 0.0703. The minimum Gasteiger partial charge on any atom is -0.497 e. The average molecular weight is 501 g/mol. The zero-order chi connectivity index (χ0) is 25.8. The highest BCUT2D eigenvalue weighted by molar-refractivity contribution is 5.94. The molecular weight excluding hydrogens is 464 g/mol. The van der Waals surface area contributed by atoms with Crippen molar-refractivity contribution in [2.75, 3.05) is 40.1 Å². The highest BCUT2D eigenvalue weighted by Gasteiger charge is 2.36. The SMILES string of the molecule is COc1cccc(C2CN(Cc3ccc4c(c3)OCO4)CC2CN(CC(C)C)C(=O)c2ccccc2)c1. The van der Waals surface area contributed by atoms with Gasteiger partial charge in [-0.25, -0.2) is 0 Å². The fraction of sp³-hybridized carbons (Fsp3) is 0.387. The summed E-state index contributed by atoms with van der Waals surface area (Å²) in [5.74, 6) is 3.57. The number of benzene rings is 3. The molecule has 5 rings (SSSR count). The second-order valence-electron chi connectivity index (χ2n) is 10.5. The summed E-state index contributed by atoms with van der Waals surface area (Å²) in [5, 5.41) is 0. The molecule has 0 spiro atoms. The van der Waals surface area contributed by atoms with Gasteiger partial charge in [-0.3, -0.25) is 9.69 Å². The van der Waals surface area contributed by atoms with Crippen LogP contribution in [0.2, 0.25) is 0 Å². The molecule has 2 atom stereocenters. The van der Waals surface area contributed by atoms with Crippen molar-refractivity contribution in [3.63, 3.8) is 0 Å². The first kappa shape index (κ1) is 25.2. The summed E-state index contributed by atoms with van der Waals surface area (Å²) >= 11 is 0. The van der Waals surface area contributed by atoms with E-state index >= 15 is 0 Å². The Balaban J connectivity index is 1.39. The molecule has 37 heavy (non-hydrogen) atoms. The molecule has 6 nitrogen and oxygen atoms in total. The van der Waals surface area contributed by atoms with Crippen molar-refractivity contribution in [2.45, 2.75) is 26.3 Å². The van der Waals surface area contributed by atoms with Crippen molar-refractivity contribution in [1.82, 2.24) is 9.80 Å². The second-order valence-corrected chi connectivity index (χ2v) is 10.5. The lowest BCUT2D eigenvalue weighted by Crippen LogP contribution is -2.39. The lowest BCUT2D eigenvalue weighted by atomic mass is 9.88. The molecule has 3 aromatic rings. The van der Waals surface area contributed by atoms with E-state index in [2.05, 4.69) is 54.0 Å². The van der Waals surface area contributed by atoms with E-state index in [1.807, 2.05) is 42.5 Å². The summed E-state index contributed by atoms with van der Waals surface area (Å²) in [5.41, 5.74) is 3.21. The highest BCUT2D eigenvalue weighted by atomic mass is 16.7. The van der Waals surface area contributed by atoms with Gasteiger partial charge in [-0.1, -0.05) is 50.2 Å². The van der Waals surface area contributed by atoms with Gasteiger partial charge < -0.3 is 19.1 Å². The van der Waals surface area contributed by atoms with Crippen molar-refractivity contribution < 1.29 is 19.0 Å². The van der Waals surface area contributed by atoms with Crippen molar-refractivity contribution in [1.29, 1.82) is 0 Å². The fourth-order valence-corrected chi connectivity index (χ4v) is 5.55. The van der Waals surface area contributed by atoms with E-state index < -0.39 is 0 Å². The first-order valence-electron chi connectivity index (χ1n) is 13.1. The summed E-state index contributed by atoms with van der Waals surface area (Å²) in [6.45, 7) is 8.72. The molecule has 2 aliphatic heterocycles. The molecule has 0 bridgehead atoms. The molecule has 2 heterocycles. The number of likely N-dealkylation sites (tertiary alicyclic amines) is 1. The van der Waals surface area contributed by atoms with E-state index in [0.29, 0.717) is 24.3 Å². The number of carbonyl (C=O) groups excluding carboxylic acids is 1. The maximum absolute atomic E-state index is 13.6. The zero-order valence-electron chi connectivity index (χ0n) is 21.9. The van der Waals surface area contributed by atoms with Crippen molar-refractivity contribution in [3.05, 3.63) is 89.5 Å². The number of carbonyl (C=O) groups is 1. The third-order valence-electron chi connectivity index (χ3n) is 7.23. The zero-order valence-corrected chi connectivity index (χ0v) is 21.9. The van der Waals surface area contributed by atoms with E-state index in [-0.39, 0.29) is 12.7 Å². The Hall–Kier alpha value is -3.51. The maximum atomic E-state index is 13.6. The normalized spacial score (nSPS) is 18.8. The second kappa shape index (κ2) is 11.3. The first-order valence-corrected chi connectivity index (χ1v) is 13.1. The van der Waals surface area contributed by atoms with Crippen LogP contribution in [0.4, 0.5) is 0 Å². The molecule has 0 aliphatic carbocycles. The van der Waals surface area contributed by atoms with Gasteiger partial charge >= 0.3 is 0 Å². The van der Waals surface area contributed by atoms with Gasteiger partial charge in [-0.2, -0.15) is 0 Å². The Morgan fingerprint density at radius 2 is 1.81 bits per heavy atom. The van der Waals surface area contributed by atoms with Crippen molar-refractivity contribution in [2.24, 2.45) is 11.8 Å². The monoisotopic (exact) mass is 500 g/mol. The van der Waals surface area contributed by atoms with Crippen LogP contribution in [-0.2, 0) is 6.54 Å². The van der Waals surface area contributed by atoms with E-state index in [1.54, 1.807) is 7.11 Å². The summed E-state index contributed by atoms with van der Waals surface area (Å²) in [7, 11) is 1.71. The van der Waals surface area contributed by atoms with Crippen LogP contribution in [0.1, 0.15) is 41.3 Å². The van der Waals surface area contributed by atoms with E-state index in [1.165, 1.54) is 11.1 Å². The van der Waals surface area contributed by atoms with Gasteiger partial charge in [0.05, 0.1) is 7.11 Å². The van der Waals surface area contributed by atoms with Gasteiger partial charge in [0.25, 0.3) is 5.91 Å². The minimum atomic E-state index is 0.105. The number of nitrogens with zero attached hydrogens (tertiary/aromatic N) is 2. The maximum Gasteiger partial charge on any atom is 0.253 e. The van der Waals surface area contributed by atoms with Crippen LogP contribution in [-0.4, -0.2) is 55.8 Å². The van der Waals surface area contributed by atoms with Crippen LogP contribution in [0.25, 0.3) is 0 Å². The van der Waals surface area contributed by atoms with Crippen LogP contribution in [0, 0.1) is 11.8 Å². The predicted octanol–water partition coefficient (Wildman–Crippen LogP) is 5.44. The number of ether oxygens (including phenoxy) is 3. The molecule has 1 amide bonds. The summed E-state index contributed by atoms with van der Waals surface area (Å²) in [6, 6.07) is 24.2. The van der Waals surface area contributed by atoms with E-state index in [4.69, 9.17) is 14.2 Å². The number of amides is 1. The van der Waals surface area contributed by atoms with Crippen LogP contribution < -0.4 is 14.2 Å². The molecule has 0 N–H and O–H groups in total. The summed E-state index contributed by atoms with van der Waals surface area (Å²) in [4.78, 5) is 18.1. The number of methoxy groups -OCH3 is 1. The fourth-order valence-electron chi connectivity index (χ4n) is 5.55.